The van der Waals surface area contributed by atoms with Gasteiger partial charge in [-0.15, -0.1) is 0 Å². The Morgan fingerprint density at radius 3 is 2.46 bits per heavy atom. The Morgan fingerprint density at radius 1 is 1.08 bits per heavy atom. The fourth-order valence-corrected chi connectivity index (χ4v) is 2.97. The molecule has 0 bridgehead atoms. The van der Waals surface area contributed by atoms with E-state index in [-0.39, 0.29) is 11.8 Å². The van der Waals surface area contributed by atoms with Crippen LogP contribution in [0.1, 0.15) is 46.0 Å². The predicted octanol–water partition coefficient (Wildman–Crippen LogP) is 1.19. The summed E-state index contributed by atoms with van der Waals surface area (Å²) in [6, 6.07) is 0. The molecule has 0 aromatic carbocycles. The van der Waals surface area contributed by atoms with Crippen LogP contribution in [0.25, 0.3) is 0 Å². The van der Waals surface area contributed by atoms with E-state index in [9.17, 15) is 4.79 Å². The van der Waals surface area contributed by atoms with Gasteiger partial charge in [0.05, 0.1) is 0 Å². The topological polar surface area (TPSA) is 68.8 Å². The van der Waals surface area contributed by atoms with Crippen LogP contribution in [0, 0.1) is 11.8 Å². The number of rotatable bonds is 9. The first-order chi connectivity index (χ1) is 11.7. The van der Waals surface area contributed by atoms with Gasteiger partial charge in [-0.25, -0.2) is 0 Å². The number of guanidine groups is 1. The summed E-state index contributed by atoms with van der Waals surface area (Å²) in [6.45, 7) is 11.1. The van der Waals surface area contributed by atoms with Gasteiger partial charge in [0.2, 0.25) is 5.91 Å². The standard InChI is InChI=1S/C18H35N5O/c1-3-19-18(22-11-10-20-17(24)16-5-6-16)21-9-4-12-23-13-7-15(2)8-14-23/h15-16H,3-14H2,1-2H3,(H,20,24)(H2,19,21,22). The van der Waals surface area contributed by atoms with Crippen LogP contribution in [0.4, 0.5) is 0 Å². The molecule has 1 aliphatic heterocycles. The first-order valence-corrected chi connectivity index (χ1v) is 9.71. The van der Waals surface area contributed by atoms with Crippen molar-refractivity contribution in [1.82, 2.24) is 20.9 Å². The second-order valence-electron chi connectivity index (χ2n) is 7.13. The van der Waals surface area contributed by atoms with Crippen molar-refractivity contribution in [3.05, 3.63) is 0 Å². The number of hydrogen-bond acceptors (Lipinski definition) is 3. The van der Waals surface area contributed by atoms with Crippen LogP contribution in [0.15, 0.2) is 4.99 Å². The first kappa shape index (κ1) is 19.0. The molecule has 24 heavy (non-hydrogen) atoms. The zero-order valence-corrected chi connectivity index (χ0v) is 15.4. The average molecular weight is 338 g/mol. The Morgan fingerprint density at radius 2 is 1.79 bits per heavy atom. The van der Waals surface area contributed by atoms with E-state index >= 15 is 0 Å². The number of aliphatic imine (C=N–C) groups is 1. The molecular weight excluding hydrogens is 302 g/mol. The highest BCUT2D eigenvalue weighted by Gasteiger charge is 2.28. The summed E-state index contributed by atoms with van der Waals surface area (Å²) in [6.07, 6.45) is 5.88. The summed E-state index contributed by atoms with van der Waals surface area (Å²) < 4.78 is 0. The number of amides is 1. The molecule has 6 heteroatoms. The third-order valence-corrected chi connectivity index (χ3v) is 4.79. The van der Waals surface area contributed by atoms with Gasteiger partial charge in [0, 0.05) is 32.1 Å². The lowest BCUT2D eigenvalue weighted by Gasteiger charge is -2.29. The van der Waals surface area contributed by atoms with Crippen LogP contribution in [-0.4, -0.2) is 62.6 Å². The van der Waals surface area contributed by atoms with Crippen molar-refractivity contribution in [2.75, 3.05) is 45.8 Å². The Labute approximate surface area is 146 Å². The van der Waals surface area contributed by atoms with Crippen molar-refractivity contribution in [1.29, 1.82) is 0 Å². The van der Waals surface area contributed by atoms with Crippen LogP contribution < -0.4 is 16.0 Å². The summed E-state index contributed by atoms with van der Waals surface area (Å²) in [5.74, 6) is 2.23. The van der Waals surface area contributed by atoms with Gasteiger partial charge in [-0.1, -0.05) is 6.92 Å². The molecule has 6 nitrogen and oxygen atoms in total. The van der Waals surface area contributed by atoms with Crippen LogP contribution in [0.2, 0.25) is 0 Å². The maximum Gasteiger partial charge on any atom is 0.223 e. The highest BCUT2D eigenvalue weighted by Crippen LogP contribution is 2.28. The van der Waals surface area contributed by atoms with Gasteiger partial charge in [0.15, 0.2) is 5.96 Å². The quantitative estimate of drug-likeness (QED) is 0.336. The Bertz CT molecular complexity index is 400. The number of carbonyl (C=O) groups is 1. The molecule has 1 heterocycles. The van der Waals surface area contributed by atoms with Gasteiger partial charge < -0.3 is 20.9 Å². The van der Waals surface area contributed by atoms with E-state index < -0.39 is 0 Å². The summed E-state index contributed by atoms with van der Waals surface area (Å²) in [5.41, 5.74) is 0. The minimum Gasteiger partial charge on any atom is -0.357 e. The Kier molecular flexibility index (Phi) is 8.36. The minimum atomic E-state index is 0.203. The molecule has 0 aromatic rings. The lowest BCUT2D eigenvalue weighted by atomic mass is 9.99. The molecule has 138 valence electrons. The fraction of sp³-hybridized carbons (Fsp3) is 0.889. The van der Waals surface area contributed by atoms with Gasteiger partial charge in [-0.2, -0.15) is 0 Å². The zero-order chi connectivity index (χ0) is 17.2. The molecular formula is C18H35N5O. The zero-order valence-electron chi connectivity index (χ0n) is 15.4. The van der Waals surface area contributed by atoms with E-state index in [0.29, 0.717) is 13.1 Å². The number of carbonyl (C=O) groups excluding carboxylic acids is 1. The monoisotopic (exact) mass is 337 g/mol. The lowest BCUT2D eigenvalue weighted by molar-refractivity contribution is -0.122. The fourth-order valence-electron chi connectivity index (χ4n) is 2.97. The van der Waals surface area contributed by atoms with Gasteiger partial charge in [-0.3, -0.25) is 9.79 Å². The van der Waals surface area contributed by atoms with Gasteiger partial charge in [0.1, 0.15) is 0 Å². The number of piperidine rings is 1. The molecule has 1 saturated heterocycles. The maximum atomic E-state index is 11.6. The van der Waals surface area contributed by atoms with E-state index in [2.05, 4.69) is 39.7 Å². The molecule has 3 N–H and O–H groups in total. The highest BCUT2D eigenvalue weighted by atomic mass is 16.2. The van der Waals surface area contributed by atoms with Crippen molar-refractivity contribution in [2.45, 2.75) is 46.0 Å². The van der Waals surface area contributed by atoms with Crippen LogP contribution in [0.3, 0.4) is 0 Å². The Hall–Kier alpha value is -1.30. The summed E-state index contributed by atoms with van der Waals surface area (Å²) in [7, 11) is 0. The van der Waals surface area contributed by atoms with Crippen molar-refractivity contribution in [3.8, 4) is 0 Å². The third-order valence-electron chi connectivity index (χ3n) is 4.79. The lowest BCUT2D eigenvalue weighted by Crippen LogP contribution is -2.42. The first-order valence-electron chi connectivity index (χ1n) is 9.71. The molecule has 0 radical (unpaired) electrons. The second-order valence-corrected chi connectivity index (χ2v) is 7.13. The van der Waals surface area contributed by atoms with E-state index in [1.807, 2.05) is 0 Å². The molecule has 1 saturated carbocycles. The maximum absolute atomic E-state index is 11.6. The smallest absolute Gasteiger partial charge is 0.223 e. The van der Waals surface area contributed by atoms with Crippen molar-refractivity contribution in [2.24, 2.45) is 16.8 Å². The molecule has 0 unspecified atom stereocenters. The van der Waals surface area contributed by atoms with Gasteiger partial charge >= 0.3 is 0 Å². The highest BCUT2D eigenvalue weighted by molar-refractivity contribution is 5.81. The molecule has 0 atom stereocenters. The van der Waals surface area contributed by atoms with Crippen LogP contribution in [-0.2, 0) is 4.79 Å². The molecule has 1 aliphatic carbocycles. The SMILES string of the molecule is CCNC(=NCCCN1CCC(C)CC1)NCCNC(=O)C1CC1. The normalized spacial score (nSPS) is 20.0. The number of nitrogens with zero attached hydrogens (tertiary/aromatic N) is 2. The number of nitrogens with one attached hydrogen (secondary N) is 3. The molecule has 2 fully saturated rings. The number of hydrogen-bond donors (Lipinski definition) is 3. The van der Waals surface area contributed by atoms with E-state index in [4.69, 9.17) is 0 Å². The molecule has 0 aromatic heterocycles. The van der Waals surface area contributed by atoms with E-state index in [0.717, 1.165) is 50.8 Å². The van der Waals surface area contributed by atoms with Gasteiger partial charge in [0.25, 0.3) is 0 Å². The van der Waals surface area contributed by atoms with Crippen LogP contribution >= 0.6 is 0 Å². The van der Waals surface area contributed by atoms with Gasteiger partial charge in [-0.05, 0) is 64.6 Å². The molecule has 0 spiro atoms. The molecule has 1 amide bonds. The third kappa shape index (κ3) is 7.51. The largest absolute Gasteiger partial charge is 0.357 e. The minimum absolute atomic E-state index is 0.203. The summed E-state index contributed by atoms with van der Waals surface area (Å²) in [4.78, 5) is 18.8. The van der Waals surface area contributed by atoms with E-state index in [1.165, 1.54) is 25.9 Å². The Balaban J connectivity index is 1.56. The summed E-state index contributed by atoms with van der Waals surface area (Å²) >= 11 is 0. The predicted molar refractivity (Wildman–Crippen MR) is 99.2 cm³/mol. The number of likely N-dealkylation sites (tertiary alicyclic amines) is 1. The van der Waals surface area contributed by atoms with Crippen LogP contribution in [0.5, 0.6) is 0 Å². The van der Waals surface area contributed by atoms with Crippen molar-refractivity contribution >= 4 is 11.9 Å². The van der Waals surface area contributed by atoms with E-state index in [1.54, 1.807) is 0 Å². The second kappa shape index (κ2) is 10.5. The van der Waals surface area contributed by atoms with Crippen molar-refractivity contribution < 1.29 is 4.79 Å². The average Bonchev–Trinajstić information content (AvgIpc) is 3.41. The molecule has 2 rings (SSSR count). The summed E-state index contributed by atoms with van der Waals surface area (Å²) in [5, 5.41) is 9.52. The van der Waals surface area contributed by atoms with Crippen molar-refractivity contribution in [3.63, 3.8) is 0 Å². The molecule has 2 aliphatic rings.